The van der Waals surface area contributed by atoms with Crippen LogP contribution in [0.4, 0.5) is 0 Å². The number of rotatable bonds is 6. The Morgan fingerprint density at radius 1 is 1.11 bits per heavy atom. The second-order valence-electron chi connectivity index (χ2n) is 6.05. The van der Waals surface area contributed by atoms with Gasteiger partial charge < -0.3 is 11.1 Å². The topological polar surface area (TPSA) is 38.0 Å². The number of nitrogens with two attached hydrogens (primary N) is 1. The molecule has 1 rings (SSSR count). The number of hydrogen-bond acceptors (Lipinski definition) is 3. The molecule has 1 aromatic carbocycles. The van der Waals surface area contributed by atoms with Crippen LogP contribution in [0, 0.1) is 0 Å². The van der Waals surface area contributed by atoms with E-state index in [2.05, 4.69) is 63.5 Å². The molecule has 3 heteroatoms. The summed E-state index contributed by atoms with van der Waals surface area (Å²) in [4.78, 5) is 1.31. The third kappa shape index (κ3) is 4.30. The Hall–Kier alpha value is -0.510. The predicted molar refractivity (Wildman–Crippen MR) is 82.4 cm³/mol. The molecule has 0 unspecified atom stereocenters. The number of benzene rings is 1. The Morgan fingerprint density at radius 2 is 1.67 bits per heavy atom. The van der Waals surface area contributed by atoms with Crippen LogP contribution >= 0.6 is 11.8 Å². The van der Waals surface area contributed by atoms with Gasteiger partial charge in [-0.2, -0.15) is 0 Å². The second kappa shape index (κ2) is 6.09. The van der Waals surface area contributed by atoms with Gasteiger partial charge in [0.2, 0.25) is 0 Å². The van der Waals surface area contributed by atoms with Gasteiger partial charge in [0.25, 0.3) is 0 Å². The van der Waals surface area contributed by atoms with E-state index in [-0.39, 0.29) is 11.0 Å². The monoisotopic (exact) mass is 266 g/mol. The molecule has 0 saturated carbocycles. The van der Waals surface area contributed by atoms with Crippen LogP contribution in [0.2, 0.25) is 0 Å². The van der Waals surface area contributed by atoms with E-state index in [9.17, 15) is 0 Å². The summed E-state index contributed by atoms with van der Waals surface area (Å²) < 4.78 is 0. The molecule has 0 atom stereocenters. The average Bonchev–Trinajstić information content (AvgIpc) is 2.37. The first-order valence-corrected chi connectivity index (χ1v) is 7.63. The molecule has 102 valence electrons. The summed E-state index contributed by atoms with van der Waals surface area (Å²) in [5.41, 5.74) is 7.22. The molecule has 0 spiro atoms. The lowest BCUT2D eigenvalue weighted by Crippen LogP contribution is -2.50. The minimum atomic E-state index is -0.00349. The highest BCUT2D eigenvalue weighted by molar-refractivity contribution is 7.98. The zero-order valence-electron chi connectivity index (χ0n) is 12.2. The Labute approximate surface area is 116 Å². The Kier molecular flexibility index (Phi) is 5.26. The molecule has 1 aromatic rings. The number of thioether (sulfide) groups is 1. The van der Waals surface area contributed by atoms with Gasteiger partial charge in [-0.15, -0.1) is 11.8 Å². The molecule has 0 aliphatic heterocycles. The summed E-state index contributed by atoms with van der Waals surface area (Å²) in [5, 5.41) is 3.55. The van der Waals surface area contributed by atoms with E-state index in [4.69, 9.17) is 5.73 Å². The van der Waals surface area contributed by atoms with Crippen LogP contribution in [0.15, 0.2) is 29.2 Å². The summed E-state index contributed by atoms with van der Waals surface area (Å²) in [6, 6.07) is 8.83. The van der Waals surface area contributed by atoms with Crippen molar-refractivity contribution in [2.45, 2.75) is 43.5 Å². The molecule has 2 nitrogen and oxygen atoms in total. The summed E-state index contributed by atoms with van der Waals surface area (Å²) >= 11 is 1.78. The third-order valence-corrected chi connectivity index (χ3v) is 4.13. The standard InChI is InChI=1S/C15H26N2S/c1-14(2,11-17-15(3,4)10-16)12-6-8-13(18-5)9-7-12/h6-9,17H,10-11,16H2,1-5H3. The largest absolute Gasteiger partial charge is 0.329 e. The summed E-state index contributed by atoms with van der Waals surface area (Å²) in [5.74, 6) is 0. The predicted octanol–water partition coefficient (Wildman–Crippen LogP) is 3.01. The van der Waals surface area contributed by atoms with Crippen LogP contribution in [0.3, 0.4) is 0 Å². The van der Waals surface area contributed by atoms with Gasteiger partial charge in [0.15, 0.2) is 0 Å². The summed E-state index contributed by atoms with van der Waals surface area (Å²) in [6.45, 7) is 10.4. The van der Waals surface area contributed by atoms with E-state index in [1.54, 1.807) is 11.8 Å². The zero-order chi connectivity index (χ0) is 13.8. The Bertz CT molecular complexity index is 369. The van der Waals surface area contributed by atoms with Crippen LogP contribution in [-0.2, 0) is 5.41 Å². The SMILES string of the molecule is CSc1ccc(C(C)(C)CNC(C)(C)CN)cc1. The molecule has 0 amide bonds. The molecule has 0 aliphatic carbocycles. The highest BCUT2D eigenvalue weighted by Crippen LogP contribution is 2.25. The molecule has 0 aromatic heterocycles. The van der Waals surface area contributed by atoms with Gasteiger partial charge in [0, 0.05) is 28.9 Å². The maximum atomic E-state index is 5.75. The first kappa shape index (κ1) is 15.5. The van der Waals surface area contributed by atoms with Crippen molar-refractivity contribution in [1.82, 2.24) is 5.32 Å². The highest BCUT2D eigenvalue weighted by atomic mass is 32.2. The van der Waals surface area contributed by atoms with Crippen LogP contribution in [0.5, 0.6) is 0 Å². The van der Waals surface area contributed by atoms with Crippen molar-refractivity contribution < 1.29 is 0 Å². The van der Waals surface area contributed by atoms with Crippen molar-refractivity contribution in [3.8, 4) is 0 Å². The van der Waals surface area contributed by atoms with E-state index in [1.807, 2.05) is 0 Å². The first-order valence-electron chi connectivity index (χ1n) is 6.40. The van der Waals surface area contributed by atoms with Crippen molar-refractivity contribution in [2.75, 3.05) is 19.3 Å². The van der Waals surface area contributed by atoms with E-state index in [1.165, 1.54) is 10.5 Å². The molecule has 0 heterocycles. The van der Waals surface area contributed by atoms with Crippen molar-refractivity contribution in [3.05, 3.63) is 29.8 Å². The zero-order valence-corrected chi connectivity index (χ0v) is 13.0. The molecule has 0 bridgehead atoms. The van der Waals surface area contributed by atoms with E-state index >= 15 is 0 Å². The first-order chi connectivity index (χ1) is 8.30. The fraction of sp³-hybridized carbons (Fsp3) is 0.600. The Balaban J connectivity index is 2.72. The molecule has 0 radical (unpaired) electrons. The molecule has 0 aliphatic rings. The minimum absolute atomic E-state index is 0.00349. The lowest BCUT2D eigenvalue weighted by atomic mass is 9.84. The Morgan fingerprint density at radius 3 is 2.11 bits per heavy atom. The van der Waals surface area contributed by atoms with Gasteiger partial charge in [0.1, 0.15) is 0 Å². The van der Waals surface area contributed by atoms with Crippen molar-refractivity contribution >= 4 is 11.8 Å². The molecular weight excluding hydrogens is 240 g/mol. The molecule has 3 N–H and O–H groups in total. The van der Waals surface area contributed by atoms with Crippen molar-refractivity contribution in [1.29, 1.82) is 0 Å². The van der Waals surface area contributed by atoms with Gasteiger partial charge in [-0.1, -0.05) is 26.0 Å². The lowest BCUT2D eigenvalue weighted by molar-refractivity contribution is 0.347. The van der Waals surface area contributed by atoms with E-state index < -0.39 is 0 Å². The van der Waals surface area contributed by atoms with Gasteiger partial charge >= 0.3 is 0 Å². The van der Waals surface area contributed by atoms with E-state index in [0.29, 0.717) is 6.54 Å². The lowest BCUT2D eigenvalue weighted by Gasteiger charge is -2.32. The normalized spacial score (nSPS) is 12.8. The van der Waals surface area contributed by atoms with Crippen LogP contribution in [-0.4, -0.2) is 24.9 Å². The van der Waals surface area contributed by atoms with Crippen molar-refractivity contribution in [2.24, 2.45) is 5.73 Å². The highest BCUT2D eigenvalue weighted by Gasteiger charge is 2.24. The molecule has 0 saturated heterocycles. The smallest absolute Gasteiger partial charge is 0.0247 e. The summed E-state index contributed by atoms with van der Waals surface area (Å²) in [7, 11) is 0. The van der Waals surface area contributed by atoms with Gasteiger partial charge in [0.05, 0.1) is 0 Å². The quantitative estimate of drug-likeness (QED) is 0.777. The number of nitrogens with one attached hydrogen (secondary N) is 1. The van der Waals surface area contributed by atoms with Gasteiger partial charge in [-0.25, -0.2) is 0 Å². The van der Waals surface area contributed by atoms with Crippen molar-refractivity contribution in [3.63, 3.8) is 0 Å². The molecule has 18 heavy (non-hydrogen) atoms. The fourth-order valence-corrected chi connectivity index (χ4v) is 2.08. The molecular formula is C15H26N2S. The van der Waals surface area contributed by atoms with Crippen LogP contribution < -0.4 is 11.1 Å². The maximum Gasteiger partial charge on any atom is 0.0247 e. The van der Waals surface area contributed by atoms with Crippen LogP contribution in [0.1, 0.15) is 33.3 Å². The third-order valence-electron chi connectivity index (χ3n) is 3.39. The van der Waals surface area contributed by atoms with Gasteiger partial charge in [-0.05, 0) is 37.8 Å². The average molecular weight is 266 g/mol. The number of hydrogen-bond donors (Lipinski definition) is 2. The molecule has 0 fully saturated rings. The van der Waals surface area contributed by atoms with Gasteiger partial charge in [-0.3, -0.25) is 0 Å². The fourth-order valence-electron chi connectivity index (χ4n) is 1.68. The van der Waals surface area contributed by atoms with E-state index in [0.717, 1.165) is 6.54 Å². The minimum Gasteiger partial charge on any atom is -0.329 e. The second-order valence-corrected chi connectivity index (χ2v) is 6.93. The van der Waals surface area contributed by atoms with Crippen LogP contribution in [0.25, 0.3) is 0 Å². The summed E-state index contributed by atoms with van der Waals surface area (Å²) in [6.07, 6.45) is 2.10. The maximum absolute atomic E-state index is 5.75.